The Morgan fingerprint density at radius 2 is 1.87 bits per heavy atom. The monoisotopic (exact) mass is 409 g/mol. The summed E-state index contributed by atoms with van der Waals surface area (Å²) in [5.74, 6) is 4.02. The van der Waals surface area contributed by atoms with Crippen LogP contribution in [0.4, 0.5) is 0 Å². The minimum absolute atomic E-state index is 0.0119. The number of rotatable bonds is 5. The second kappa shape index (κ2) is 7.79. The van der Waals surface area contributed by atoms with Crippen LogP contribution in [0.1, 0.15) is 105 Å². The van der Waals surface area contributed by atoms with Crippen molar-refractivity contribution in [3.8, 4) is 6.07 Å². The molecule has 3 saturated carbocycles. The number of fused-ring (bicyclic) bond motifs is 5. The van der Waals surface area contributed by atoms with Crippen molar-refractivity contribution >= 4 is 5.78 Å². The predicted molar refractivity (Wildman–Crippen MR) is 123 cm³/mol. The molecule has 0 spiro atoms. The highest BCUT2D eigenvalue weighted by molar-refractivity contribution is 5.81. The molecular formula is C28H43NO. The standard InChI is InChI=1S/C28H43NO/c1-19(2)7-6-8-20(3)23-9-10-24-22-12-16-28(18-29)17-21(30)11-15-27(28,5)25(22)13-14-26(23,24)4/h12,19-20,23-25H,6-11,13-17H2,1-5H3/t20-,23-,24+,25+,26-,27-,28?/m1/s1. The molecule has 0 bridgehead atoms. The first-order valence-corrected chi connectivity index (χ1v) is 12.8. The van der Waals surface area contributed by atoms with E-state index in [4.69, 9.17) is 0 Å². The average molecular weight is 410 g/mol. The van der Waals surface area contributed by atoms with E-state index < -0.39 is 5.41 Å². The number of nitriles is 1. The Bertz CT molecular complexity index is 759. The highest BCUT2D eigenvalue weighted by atomic mass is 16.1. The van der Waals surface area contributed by atoms with Crippen molar-refractivity contribution in [3.63, 3.8) is 0 Å². The van der Waals surface area contributed by atoms with Crippen molar-refractivity contribution in [2.75, 3.05) is 0 Å². The lowest BCUT2D eigenvalue weighted by molar-refractivity contribution is -0.131. The number of hydrogen-bond acceptors (Lipinski definition) is 2. The number of allylic oxidation sites excluding steroid dienone is 2. The van der Waals surface area contributed by atoms with E-state index >= 15 is 0 Å². The molecule has 0 N–H and O–H groups in total. The molecule has 0 amide bonds. The molecule has 166 valence electrons. The lowest BCUT2D eigenvalue weighted by atomic mass is 9.43. The first kappa shape index (κ1) is 22.1. The zero-order chi connectivity index (χ0) is 21.7. The molecule has 0 aromatic heterocycles. The molecular weight excluding hydrogens is 366 g/mol. The van der Waals surface area contributed by atoms with Crippen molar-refractivity contribution in [2.45, 2.75) is 105 Å². The van der Waals surface area contributed by atoms with Crippen LogP contribution in [-0.2, 0) is 4.79 Å². The molecule has 4 aliphatic rings. The third kappa shape index (κ3) is 3.22. The molecule has 0 aromatic carbocycles. The molecule has 0 saturated heterocycles. The Morgan fingerprint density at radius 1 is 1.10 bits per heavy atom. The van der Waals surface area contributed by atoms with E-state index in [0.29, 0.717) is 35.9 Å². The van der Waals surface area contributed by atoms with Gasteiger partial charge in [-0.05, 0) is 78.9 Å². The van der Waals surface area contributed by atoms with Crippen LogP contribution >= 0.6 is 0 Å². The SMILES string of the molecule is CC(C)CCC[C@@H](C)[C@H]1CC[C@H]2C3=CCC4(C#N)CC(=O)CC[C@]4(C)[C@H]3CC[C@]12C. The summed E-state index contributed by atoms with van der Waals surface area (Å²) < 4.78 is 0. The molecule has 0 aliphatic heterocycles. The minimum atomic E-state index is -0.452. The summed E-state index contributed by atoms with van der Waals surface area (Å²) in [4.78, 5) is 12.3. The smallest absolute Gasteiger partial charge is 0.134 e. The number of carbonyl (C=O) groups is 1. The van der Waals surface area contributed by atoms with Crippen LogP contribution in [0.15, 0.2) is 11.6 Å². The summed E-state index contributed by atoms with van der Waals surface area (Å²) in [5, 5.41) is 10.2. The van der Waals surface area contributed by atoms with E-state index in [2.05, 4.69) is 46.8 Å². The summed E-state index contributed by atoms with van der Waals surface area (Å²) in [5.41, 5.74) is 1.67. The molecule has 3 fully saturated rings. The van der Waals surface area contributed by atoms with E-state index in [-0.39, 0.29) is 5.41 Å². The molecule has 30 heavy (non-hydrogen) atoms. The third-order valence-corrected chi connectivity index (χ3v) is 10.5. The first-order chi connectivity index (χ1) is 14.2. The van der Waals surface area contributed by atoms with Gasteiger partial charge < -0.3 is 0 Å². The summed E-state index contributed by atoms with van der Waals surface area (Å²) in [7, 11) is 0. The maximum Gasteiger partial charge on any atom is 0.134 e. The van der Waals surface area contributed by atoms with Gasteiger partial charge in [-0.3, -0.25) is 4.79 Å². The molecule has 1 unspecified atom stereocenters. The first-order valence-electron chi connectivity index (χ1n) is 12.8. The highest BCUT2D eigenvalue weighted by Gasteiger charge is 2.63. The Morgan fingerprint density at radius 3 is 2.57 bits per heavy atom. The zero-order valence-electron chi connectivity index (χ0n) is 20.1. The summed E-state index contributed by atoms with van der Waals surface area (Å²) in [6.45, 7) is 12.2. The van der Waals surface area contributed by atoms with Crippen LogP contribution in [0, 0.1) is 57.2 Å². The number of Topliss-reactive ketones (excluding diaryl/α,β-unsaturated/α-hetero) is 1. The second-order valence-electron chi connectivity index (χ2n) is 12.4. The Labute approximate surface area is 184 Å². The minimum Gasteiger partial charge on any atom is -0.300 e. The lowest BCUT2D eigenvalue weighted by Crippen LogP contribution is -2.54. The van der Waals surface area contributed by atoms with Crippen LogP contribution in [0.2, 0.25) is 0 Å². The van der Waals surface area contributed by atoms with Gasteiger partial charge in [0.1, 0.15) is 5.78 Å². The van der Waals surface area contributed by atoms with Gasteiger partial charge in [0.05, 0.1) is 11.5 Å². The predicted octanol–water partition coefficient (Wildman–Crippen LogP) is 7.49. The normalized spacial score (nSPS) is 44.0. The van der Waals surface area contributed by atoms with Gasteiger partial charge in [0.2, 0.25) is 0 Å². The van der Waals surface area contributed by atoms with Gasteiger partial charge in [0, 0.05) is 12.8 Å². The molecule has 0 heterocycles. The van der Waals surface area contributed by atoms with E-state index in [1.165, 1.54) is 44.9 Å². The van der Waals surface area contributed by atoms with Gasteiger partial charge in [-0.25, -0.2) is 0 Å². The van der Waals surface area contributed by atoms with Crippen molar-refractivity contribution in [2.24, 2.45) is 45.8 Å². The molecule has 7 atom stereocenters. The van der Waals surface area contributed by atoms with Crippen LogP contribution in [-0.4, -0.2) is 5.78 Å². The van der Waals surface area contributed by atoms with E-state index in [1.807, 2.05) is 0 Å². The molecule has 4 rings (SSSR count). The van der Waals surface area contributed by atoms with Gasteiger partial charge >= 0.3 is 0 Å². The Kier molecular flexibility index (Phi) is 5.74. The van der Waals surface area contributed by atoms with Gasteiger partial charge in [0.15, 0.2) is 0 Å². The van der Waals surface area contributed by atoms with Crippen molar-refractivity contribution < 1.29 is 4.79 Å². The quantitative estimate of drug-likeness (QED) is 0.441. The number of nitrogens with zero attached hydrogens (tertiary/aromatic N) is 1. The number of carbonyl (C=O) groups excluding carboxylic acids is 1. The van der Waals surface area contributed by atoms with Gasteiger partial charge in [-0.2, -0.15) is 5.26 Å². The fourth-order valence-electron chi connectivity index (χ4n) is 8.57. The largest absolute Gasteiger partial charge is 0.300 e. The van der Waals surface area contributed by atoms with Crippen LogP contribution in [0.25, 0.3) is 0 Å². The van der Waals surface area contributed by atoms with Crippen LogP contribution in [0.5, 0.6) is 0 Å². The summed E-state index contributed by atoms with van der Waals surface area (Å²) in [6, 6.07) is 2.69. The fraction of sp³-hybridized carbons (Fsp3) is 0.857. The molecule has 0 aromatic rings. The summed E-state index contributed by atoms with van der Waals surface area (Å²) >= 11 is 0. The van der Waals surface area contributed by atoms with E-state index in [9.17, 15) is 10.1 Å². The molecule has 2 heteroatoms. The molecule has 2 nitrogen and oxygen atoms in total. The molecule has 0 radical (unpaired) electrons. The van der Waals surface area contributed by atoms with E-state index in [1.54, 1.807) is 5.57 Å². The highest BCUT2D eigenvalue weighted by Crippen LogP contribution is 2.69. The fourth-order valence-corrected chi connectivity index (χ4v) is 8.57. The summed E-state index contributed by atoms with van der Waals surface area (Å²) in [6.07, 6.45) is 14.7. The topological polar surface area (TPSA) is 40.9 Å². The average Bonchev–Trinajstić information content (AvgIpc) is 3.05. The van der Waals surface area contributed by atoms with Crippen molar-refractivity contribution in [3.05, 3.63) is 11.6 Å². The zero-order valence-corrected chi connectivity index (χ0v) is 20.1. The Hall–Kier alpha value is -1.10. The van der Waals surface area contributed by atoms with Crippen molar-refractivity contribution in [1.29, 1.82) is 5.26 Å². The van der Waals surface area contributed by atoms with E-state index in [0.717, 1.165) is 30.6 Å². The van der Waals surface area contributed by atoms with Gasteiger partial charge in [-0.15, -0.1) is 0 Å². The third-order valence-electron chi connectivity index (χ3n) is 10.5. The number of hydrogen-bond donors (Lipinski definition) is 0. The van der Waals surface area contributed by atoms with Crippen LogP contribution < -0.4 is 0 Å². The lowest BCUT2D eigenvalue weighted by Gasteiger charge is -2.59. The Balaban J connectivity index is 1.57. The van der Waals surface area contributed by atoms with Crippen LogP contribution in [0.3, 0.4) is 0 Å². The van der Waals surface area contributed by atoms with Gasteiger partial charge in [0.25, 0.3) is 0 Å². The molecule has 4 aliphatic carbocycles. The van der Waals surface area contributed by atoms with Crippen molar-refractivity contribution in [1.82, 2.24) is 0 Å². The number of ketones is 1. The second-order valence-corrected chi connectivity index (χ2v) is 12.4. The maximum absolute atomic E-state index is 12.3. The van der Waals surface area contributed by atoms with Gasteiger partial charge in [-0.1, -0.05) is 65.5 Å². The maximum atomic E-state index is 12.3.